The van der Waals surface area contributed by atoms with Crippen molar-refractivity contribution in [3.8, 4) is 11.4 Å². The highest BCUT2D eigenvalue weighted by Crippen LogP contribution is 2.30. The zero-order valence-corrected chi connectivity index (χ0v) is 17.5. The lowest BCUT2D eigenvalue weighted by atomic mass is 10.0. The van der Waals surface area contributed by atoms with Crippen molar-refractivity contribution in [2.45, 2.75) is 13.5 Å². The predicted molar refractivity (Wildman–Crippen MR) is 124 cm³/mol. The van der Waals surface area contributed by atoms with E-state index in [-0.39, 0.29) is 0 Å². The maximum Gasteiger partial charge on any atom is 0.232 e. The van der Waals surface area contributed by atoms with Gasteiger partial charge in [-0.1, -0.05) is 43.0 Å². The number of hydrogen-bond acceptors (Lipinski definition) is 7. The fraction of sp³-hybridized carbons (Fsp3) is 0.250. The fourth-order valence-corrected chi connectivity index (χ4v) is 3.86. The summed E-state index contributed by atoms with van der Waals surface area (Å²) in [5.74, 6) is 1.79. The van der Waals surface area contributed by atoms with E-state index in [2.05, 4.69) is 27.9 Å². The smallest absolute Gasteiger partial charge is 0.232 e. The van der Waals surface area contributed by atoms with E-state index in [1.165, 1.54) is 5.56 Å². The Kier molecular flexibility index (Phi) is 5.18. The lowest BCUT2D eigenvalue weighted by molar-refractivity contribution is 0.122. The van der Waals surface area contributed by atoms with Crippen LogP contribution < -0.4 is 10.2 Å². The second-order valence-corrected chi connectivity index (χ2v) is 7.68. The van der Waals surface area contributed by atoms with Crippen LogP contribution in [0.15, 0.2) is 54.0 Å². The van der Waals surface area contributed by atoms with Crippen molar-refractivity contribution in [2.24, 2.45) is 4.99 Å². The van der Waals surface area contributed by atoms with Crippen molar-refractivity contribution in [2.75, 3.05) is 36.5 Å². The fourth-order valence-electron chi connectivity index (χ4n) is 3.86. The minimum atomic E-state index is 0.507. The van der Waals surface area contributed by atoms with E-state index in [4.69, 9.17) is 19.7 Å². The van der Waals surface area contributed by atoms with Crippen molar-refractivity contribution in [3.05, 3.63) is 65.7 Å². The Morgan fingerprint density at radius 1 is 1.03 bits per heavy atom. The van der Waals surface area contributed by atoms with E-state index in [1.54, 1.807) is 0 Å². The van der Waals surface area contributed by atoms with E-state index in [0.29, 0.717) is 37.5 Å². The molecule has 2 aliphatic rings. The van der Waals surface area contributed by atoms with Gasteiger partial charge in [-0.05, 0) is 24.1 Å². The molecule has 2 aromatic carbocycles. The number of anilines is 3. The summed E-state index contributed by atoms with van der Waals surface area (Å²) in [4.78, 5) is 20.9. The lowest BCUT2D eigenvalue weighted by Gasteiger charge is -2.27. The first-order chi connectivity index (χ1) is 15.2. The van der Waals surface area contributed by atoms with Gasteiger partial charge in [0.2, 0.25) is 11.9 Å². The summed E-state index contributed by atoms with van der Waals surface area (Å²) >= 11 is 0. The SMILES string of the molecule is C=C(C)c1ccccc1Nc1nc(-c2cccc3c2C=NC3)nc(N2CCOCC2)n1. The Hall–Kier alpha value is -3.58. The normalized spacial score (nSPS) is 15.1. The van der Waals surface area contributed by atoms with Gasteiger partial charge in [-0.2, -0.15) is 15.0 Å². The van der Waals surface area contributed by atoms with Crippen molar-refractivity contribution in [1.29, 1.82) is 0 Å². The van der Waals surface area contributed by atoms with Gasteiger partial charge in [0.1, 0.15) is 0 Å². The average Bonchev–Trinajstić information content (AvgIpc) is 3.29. The lowest BCUT2D eigenvalue weighted by Crippen LogP contribution is -2.37. The molecular weight excluding hydrogens is 388 g/mol. The third kappa shape index (κ3) is 3.92. The summed E-state index contributed by atoms with van der Waals surface area (Å²) in [6, 6.07) is 14.2. The molecule has 0 aliphatic carbocycles. The molecule has 0 saturated carbocycles. The van der Waals surface area contributed by atoms with E-state index < -0.39 is 0 Å². The molecule has 1 saturated heterocycles. The van der Waals surface area contributed by atoms with E-state index >= 15 is 0 Å². The van der Waals surface area contributed by atoms with Gasteiger partial charge < -0.3 is 15.0 Å². The molecule has 0 atom stereocenters. The molecule has 0 radical (unpaired) electrons. The van der Waals surface area contributed by atoms with Gasteiger partial charge in [0, 0.05) is 41.7 Å². The zero-order chi connectivity index (χ0) is 21.2. The number of morpholine rings is 1. The van der Waals surface area contributed by atoms with Crippen molar-refractivity contribution in [1.82, 2.24) is 15.0 Å². The molecule has 1 N–H and O–H groups in total. The summed E-state index contributed by atoms with van der Waals surface area (Å²) in [5, 5.41) is 3.40. The molecule has 3 aromatic rings. The highest BCUT2D eigenvalue weighted by molar-refractivity contribution is 5.93. The number of rotatable bonds is 5. The Balaban J connectivity index is 1.60. The van der Waals surface area contributed by atoms with Crippen LogP contribution in [0.1, 0.15) is 23.6 Å². The highest BCUT2D eigenvalue weighted by Gasteiger charge is 2.20. The molecule has 0 spiro atoms. The monoisotopic (exact) mass is 412 g/mol. The van der Waals surface area contributed by atoms with Crippen LogP contribution in [0, 0.1) is 0 Å². The summed E-state index contributed by atoms with van der Waals surface area (Å²) in [6.07, 6.45) is 1.91. The third-order valence-corrected chi connectivity index (χ3v) is 5.47. The average molecular weight is 412 g/mol. The molecular formula is C24H24N6O. The number of fused-ring (bicyclic) bond motifs is 1. The van der Waals surface area contributed by atoms with Crippen LogP contribution in [0.3, 0.4) is 0 Å². The second kappa shape index (κ2) is 8.28. The van der Waals surface area contributed by atoms with Crippen LogP contribution in [0.5, 0.6) is 0 Å². The Labute approximate surface area is 181 Å². The largest absolute Gasteiger partial charge is 0.378 e. The summed E-state index contributed by atoms with van der Waals surface area (Å²) in [5.41, 5.74) is 6.16. The summed E-state index contributed by atoms with van der Waals surface area (Å²) in [7, 11) is 0. The molecule has 0 amide bonds. The Bertz CT molecular complexity index is 1170. The van der Waals surface area contributed by atoms with E-state index in [1.807, 2.05) is 49.5 Å². The molecule has 3 heterocycles. The van der Waals surface area contributed by atoms with Gasteiger partial charge in [0.05, 0.1) is 19.8 Å². The van der Waals surface area contributed by atoms with E-state index in [0.717, 1.165) is 41.0 Å². The molecule has 1 aromatic heterocycles. The molecule has 0 bridgehead atoms. The van der Waals surface area contributed by atoms with Crippen LogP contribution >= 0.6 is 0 Å². The van der Waals surface area contributed by atoms with Crippen LogP contribution in [-0.2, 0) is 11.3 Å². The number of benzene rings is 2. The maximum absolute atomic E-state index is 5.51. The molecule has 1 fully saturated rings. The van der Waals surface area contributed by atoms with Gasteiger partial charge in [-0.25, -0.2) is 0 Å². The van der Waals surface area contributed by atoms with Crippen LogP contribution in [-0.4, -0.2) is 47.5 Å². The number of nitrogens with zero attached hydrogens (tertiary/aromatic N) is 5. The van der Waals surface area contributed by atoms with E-state index in [9.17, 15) is 0 Å². The van der Waals surface area contributed by atoms with Crippen molar-refractivity contribution < 1.29 is 4.74 Å². The van der Waals surface area contributed by atoms with Crippen molar-refractivity contribution in [3.63, 3.8) is 0 Å². The molecule has 5 rings (SSSR count). The molecule has 2 aliphatic heterocycles. The number of hydrogen-bond donors (Lipinski definition) is 1. The van der Waals surface area contributed by atoms with Gasteiger partial charge >= 0.3 is 0 Å². The molecule has 156 valence electrons. The number of aromatic nitrogens is 3. The number of ether oxygens (including phenoxy) is 1. The first-order valence-electron chi connectivity index (χ1n) is 10.4. The van der Waals surface area contributed by atoms with Crippen LogP contribution in [0.2, 0.25) is 0 Å². The highest BCUT2D eigenvalue weighted by atomic mass is 16.5. The molecule has 0 unspecified atom stereocenters. The third-order valence-electron chi connectivity index (χ3n) is 5.47. The number of nitrogens with one attached hydrogen (secondary N) is 1. The standard InChI is InChI=1S/C24H24N6O/c1-16(2)18-7-3-4-9-21(18)26-23-27-22(19-8-5-6-17-14-25-15-20(17)19)28-24(29-23)30-10-12-31-13-11-30/h3-9,15H,1,10-14H2,2H3,(H,26,27,28,29). The Morgan fingerprint density at radius 3 is 2.71 bits per heavy atom. The van der Waals surface area contributed by atoms with Gasteiger partial charge in [0.25, 0.3) is 0 Å². The molecule has 31 heavy (non-hydrogen) atoms. The zero-order valence-electron chi connectivity index (χ0n) is 17.5. The van der Waals surface area contributed by atoms with Gasteiger partial charge in [-0.15, -0.1) is 0 Å². The van der Waals surface area contributed by atoms with Crippen LogP contribution in [0.25, 0.3) is 17.0 Å². The Morgan fingerprint density at radius 2 is 1.87 bits per heavy atom. The number of para-hydroxylation sites is 1. The summed E-state index contributed by atoms with van der Waals surface area (Å²) in [6.45, 7) is 9.60. The quantitative estimate of drug-likeness (QED) is 0.680. The second-order valence-electron chi connectivity index (χ2n) is 7.68. The number of allylic oxidation sites excluding steroid dienone is 1. The minimum Gasteiger partial charge on any atom is -0.378 e. The first-order valence-corrected chi connectivity index (χ1v) is 10.4. The topological polar surface area (TPSA) is 75.5 Å². The molecule has 7 heteroatoms. The van der Waals surface area contributed by atoms with Gasteiger partial charge in [0.15, 0.2) is 5.82 Å². The number of aliphatic imine (C=N–C) groups is 1. The maximum atomic E-state index is 5.51. The van der Waals surface area contributed by atoms with Crippen LogP contribution in [0.4, 0.5) is 17.6 Å². The summed E-state index contributed by atoms with van der Waals surface area (Å²) < 4.78 is 5.51. The molecule has 7 nitrogen and oxygen atoms in total. The van der Waals surface area contributed by atoms with Gasteiger partial charge in [-0.3, -0.25) is 4.99 Å². The first kappa shape index (κ1) is 19.4. The van der Waals surface area contributed by atoms with Crippen molar-refractivity contribution >= 4 is 29.4 Å². The minimum absolute atomic E-state index is 0.507. The predicted octanol–water partition coefficient (Wildman–Crippen LogP) is 4.08.